The van der Waals surface area contributed by atoms with Crippen LogP contribution in [0.5, 0.6) is 0 Å². The Labute approximate surface area is 165 Å². The number of benzene rings is 1. The van der Waals surface area contributed by atoms with Crippen molar-refractivity contribution in [1.29, 1.82) is 0 Å². The van der Waals surface area contributed by atoms with E-state index in [9.17, 15) is 13.2 Å². The van der Waals surface area contributed by atoms with Crippen molar-refractivity contribution in [3.05, 3.63) is 65.5 Å². The molecule has 0 unspecified atom stereocenters. The highest BCUT2D eigenvalue weighted by Gasteiger charge is 2.24. The fourth-order valence-electron chi connectivity index (χ4n) is 2.88. The Balaban J connectivity index is 1.68. The van der Waals surface area contributed by atoms with Crippen LogP contribution in [0.2, 0.25) is 0 Å². The Bertz CT molecular complexity index is 873. The van der Waals surface area contributed by atoms with Crippen molar-refractivity contribution in [1.82, 2.24) is 9.62 Å². The number of nitrogens with one attached hydrogen (secondary N) is 1. The van der Waals surface area contributed by atoms with E-state index in [2.05, 4.69) is 5.32 Å². The highest BCUT2D eigenvalue weighted by atomic mass is 32.2. The molecule has 0 saturated carbocycles. The molecule has 150 valence electrons. The molecule has 1 aromatic heterocycles. The number of sulfonamides is 1. The van der Waals surface area contributed by atoms with Gasteiger partial charge in [0.2, 0.25) is 15.9 Å². The minimum absolute atomic E-state index is 0.00272. The lowest BCUT2D eigenvalue weighted by atomic mass is 10.2. The minimum atomic E-state index is -3.83. The van der Waals surface area contributed by atoms with Crippen LogP contribution in [0.1, 0.15) is 24.2 Å². The Kier molecular flexibility index (Phi) is 7.02. The molecule has 1 saturated heterocycles. The Hall–Kier alpha value is -2.42. The van der Waals surface area contributed by atoms with Gasteiger partial charge in [-0.2, -0.15) is 4.31 Å². The molecule has 1 aliphatic heterocycles. The van der Waals surface area contributed by atoms with Crippen molar-refractivity contribution >= 4 is 22.0 Å². The maximum Gasteiger partial charge on any atom is 0.237 e. The number of hydrogen-bond acceptors (Lipinski definition) is 5. The number of ether oxygens (including phenoxy) is 1. The summed E-state index contributed by atoms with van der Waals surface area (Å²) in [5.74, 6) is 0.0855. The standard InChI is InChI=1S/C20H24N2O5S/c23-20(21-14-18-8-4-11-26-18)16-22(15-19-9-5-12-27-19)28(24,25)13-10-17-6-2-1-3-7-17/h1-3,5-7,9-10,12-13,18H,4,8,11,14-16H2,(H,21,23)/b13-10+/t18-/m0/s1. The molecule has 2 aromatic rings. The van der Waals surface area contributed by atoms with Crippen LogP contribution in [0.25, 0.3) is 6.08 Å². The van der Waals surface area contributed by atoms with Crippen LogP contribution in [0, 0.1) is 0 Å². The monoisotopic (exact) mass is 404 g/mol. The zero-order valence-corrected chi connectivity index (χ0v) is 16.3. The van der Waals surface area contributed by atoms with Crippen LogP contribution in [-0.2, 0) is 26.1 Å². The van der Waals surface area contributed by atoms with Crippen molar-refractivity contribution in [2.24, 2.45) is 0 Å². The molecule has 1 atom stereocenters. The summed E-state index contributed by atoms with van der Waals surface area (Å²) in [5, 5.41) is 3.87. The second-order valence-corrected chi connectivity index (χ2v) is 8.36. The van der Waals surface area contributed by atoms with Gasteiger partial charge in [-0.1, -0.05) is 30.3 Å². The lowest BCUT2D eigenvalue weighted by molar-refractivity contribution is -0.121. The fourth-order valence-corrected chi connectivity index (χ4v) is 3.98. The first kappa shape index (κ1) is 20.3. The van der Waals surface area contributed by atoms with Gasteiger partial charge >= 0.3 is 0 Å². The van der Waals surface area contributed by atoms with E-state index in [4.69, 9.17) is 9.15 Å². The van der Waals surface area contributed by atoms with Crippen LogP contribution in [-0.4, -0.2) is 44.4 Å². The fraction of sp³-hybridized carbons (Fsp3) is 0.350. The van der Waals surface area contributed by atoms with Gasteiger partial charge in [0, 0.05) is 18.6 Å². The van der Waals surface area contributed by atoms with Crippen molar-refractivity contribution in [2.45, 2.75) is 25.5 Å². The van der Waals surface area contributed by atoms with E-state index in [1.165, 1.54) is 12.3 Å². The zero-order valence-electron chi connectivity index (χ0n) is 15.5. The maximum atomic E-state index is 12.8. The van der Waals surface area contributed by atoms with E-state index >= 15 is 0 Å². The van der Waals surface area contributed by atoms with E-state index in [0.717, 1.165) is 28.1 Å². The van der Waals surface area contributed by atoms with Crippen molar-refractivity contribution in [3.63, 3.8) is 0 Å². The molecular formula is C20H24N2O5S. The van der Waals surface area contributed by atoms with Crippen LogP contribution in [0.4, 0.5) is 0 Å². The highest BCUT2D eigenvalue weighted by molar-refractivity contribution is 7.92. The first-order chi connectivity index (χ1) is 13.5. The number of amides is 1. The third-order valence-corrected chi connectivity index (χ3v) is 5.83. The average molecular weight is 404 g/mol. The second-order valence-electron chi connectivity index (χ2n) is 6.54. The molecule has 1 amide bonds. The number of furan rings is 1. The first-order valence-corrected chi connectivity index (χ1v) is 10.7. The van der Waals surface area contributed by atoms with E-state index < -0.39 is 10.0 Å². The molecule has 2 heterocycles. The molecule has 0 bridgehead atoms. The van der Waals surface area contributed by atoms with Crippen LogP contribution < -0.4 is 5.32 Å². The van der Waals surface area contributed by atoms with Gasteiger partial charge in [-0.3, -0.25) is 4.79 Å². The van der Waals surface area contributed by atoms with Crippen molar-refractivity contribution < 1.29 is 22.4 Å². The molecule has 1 aromatic carbocycles. The number of nitrogens with zero attached hydrogens (tertiary/aromatic N) is 1. The minimum Gasteiger partial charge on any atom is -0.468 e. The molecule has 1 aliphatic rings. The van der Waals surface area contributed by atoms with Gasteiger partial charge in [0.1, 0.15) is 5.76 Å². The average Bonchev–Trinajstić information content (AvgIpc) is 3.39. The maximum absolute atomic E-state index is 12.8. The van der Waals surface area contributed by atoms with E-state index in [-0.39, 0.29) is 25.1 Å². The molecule has 0 radical (unpaired) electrons. The Morgan fingerprint density at radius 2 is 2.04 bits per heavy atom. The predicted molar refractivity (Wildman–Crippen MR) is 105 cm³/mol. The molecule has 0 aliphatic carbocycles. The van der Waals surface area contributed by atoms with Gasteiger partial charge in [-0.15, -0.1) is 0 Å². The summed E-state index contributed by atoms with van der Waals surface area (Å²) in [6, 6.07) is 12.5. The smallest absolute Gasteiger partial charge is 0.237 e. The zero-order chi connectivity index (χ0) is 19.8. The largest absolute Gasteiger partial charge is 0.468 e. The second kappa shape index (κ2) is 9.68. The van der Waals surface area contributed by atoms with Gasteiger partial charge in [0.25, 0.3) is 0 Å². The van der Waals surface area contributed by atoms with Crippen LogP contribution in [0.3, 0.4) is 0 Å². The summed E-state index contributed by atoms with van der Waals surface area (Å²) in [7, 11) is -3.83. The third kappa shape index (κ3) is 6.05. The summed E-state index contributed by atoms with van der Waals surface area (Å²) in [4.78, 5) is 12.3. The number of carbonyl (C=O) groups excluding carboxylic acids is 1. The molecule has 1 fully saturated rings. The number of carbonyl (C=O) groups is 1. The summed E-state index contributed by atoms with van der Waals surface area (Å²) in [6.07, 6.45) is 4.85. The molecule has 28 heavy (non-hydrogen) atoms. The number of hydrogen-bond donors (Lipinski definition) is 1. The van der Waals surface area contributed by atoms with Gasteiger partial charge in [0.05, 0.1) is 25.5 Å². The summed E-state index contributed by atoms with van der Waals surface area (Å²) >= 11 is 0. The summed E-state index contributed by atoms with van der Waals surface area (Å²) in [5.41, 5.74) is 0.756. The van der Waals surface area contributed by atoms with Crippen molar-refractivity contribution in [3.8, 4) is 0 Å². The van der Waals surface area contributed by atoms with E-state index in [1.54, 1.807) is 24.3 Å². The lowest BCUT2D eigenvalue weighted by Crippen LogP contribution is -2.41. The topological polar surface area (TPSA) is 88.9 Å². The summed E-state index contributed by atoms with van der Waals surface area (Å²) < 4.78 is 37.5. The van der Waals surface area contributed by atoms with Crippen LogP contribution in [0.15, 0.2) is 58.6 Å². The molecule has 1 N–H and O–H groups in total. The molecular weight excluding hydrogens is 380 g/mol. The lowest BCUT2D eigenvalue weighted by Gasteiger charge is -2.19. The van der Waals surface area contributed by atoms with E-state index in [0.29, 0.717) is 18.9 Å². The SMILES string of the molecule is O=C(CN(Cc1ccco1)S(=O)(=O)/C=C/c1ccccc1)NC[C@@H]1CCCO1. The molecule has 7 nitrogen and oxygen atoms in total. The molecule has 0 spiro atoms. The molecule has 3 rings (SSSR count). The van der Waals surface area contributed by atoms with Gasteiger partial charge in [0.15, 0.2) is 0 Å². The van der Waals surface area contributed by atoms with Crippen LogP contribution >= 0.6 is 0 Å². The Morgan fingerprint density at radius 1 is 1.21 bits per heavy atom. The quantitative estimate of drug-likeness (QED) is 0.693. The Morgan fingerprint density at radius 3 is 2.71 bits per heavy atom. The highest BCUT2D eigenvalue weighted by Crippen LogP contribution is 2.14. The van der Waals surface area contributed by atoms with E-state index in [1.807, 2.05) is 18.2 Å². The number of rotatable bonds is 9. The van der Waals surface area contributed by atoms with Gasteiger partial charge in [-0.25, -0.2) is 8.42 Å². The first-order valence-electron chi connectivity index (χ1n) is 9.17. The van der Waals surface area contributed by atoms with Gasteiger partial charge < -0.3 is 14.5 Å². The predicted octanol–water partition coefficient (Wildman–Crippen LogP) is 2.38. The molecule has 8 heteroatoms. The normalized spacial score (nSPS) is 17.4. The summed E-state index contributed by atoms with van der Waals surface area (Å²) in [6.45, 7) is 0.758. The van der Waals surface area contributed by atoms with Crippen molar-refractivity contribution in [2.75, 3.05) is 19.7 Å². The third-order valence-electron chi connectivity index (χ3n) is 4.38. The van der Waals surface area contributed by atoms with Gasteiger partial charge in [-0.05, 0) is 36.6 Å².